The van der Waals surface area contributed by atoms with Crippen molar-refractivity contribution in [3.05, 3.63) is 68.2 Å². The smallest absolute Gasteiger partial charge is 0.282 e. The summed E-state index contributed by atoms with van der Waals surface area (Å²) in [5.74, 6) is -0.267. The number of halogens is 1. The van der Waals surface area contributed by atoms with Crippen LogP contribution >= 0.6 is 15.9 Å². The molecule has 3 rings (SSSR count). The number of nitrogens with zero attached hydrogens (tertiary/aromatic N) is 2. The molecule has 1 saturated heterocycles. The maximum Gasteiger partial charge on any atom is 0.282 e. The Hall–Kier alpha value is -2.41. The van der Waals surface area contributed by atoms with Crippen molar-refractivity contribution in [3.8, 4) is 0 Å². The minimum Gasteiger partial charge on any atom is -0.381 e. The number of rotatable bonds is 5. The van der Waals surface area contributed by atoms with Crippen LogP contribution in [-0.2, 0) is 6.54 Å². The van der Waals surface area contributed by atoms with Gasteiger partial charge in [0.1, 0.15) is 5.56 Å². The van der Waals surface area contributed by atoms with E-state index in [4.69, 9.17) is 0 Å². The second-order valence-electron chi connectivity index (χ2n) is 5.97. The van der Waals surface area contributed by atoms with Crippen molar-refractivity contribution in [1.82, 2.24) is 4.90 Å². The zero-order valence-corrected chi connectivity index (χ0v) is 15.2. The van der Waals surface area contributed by atoms with Crippen LogP contribution in [0.15, 0.2) is 46.9 Å². The first-order valence-electron chi connectivity index (χ1n) is 8.10. The summed E-state index contributed by atoms with van der Waals surface area (Å²) in [4.78, 5) is 25.1. The van der Waals surface area contributed by atoms with E-state index in [0.717, 1.165) is 22.9 Å². The van der Waals surface area contributed by atoms with Crippen LogP contribution in [0.2, 0.25) is 0 Å². The molecular weight excluding hydrogens is 386 g/mol. The number of nitrogens with one attached hydrogen (secondary N) is 1. The number of hydrogen-bond donors (Lipinski definition) is 1. The lowest BCUT2D eigenvalue weighted by molar-refractivity contribution is -0.385. The second kappa shape index (κ2) is 7.65. The highest BCUT2D eigenvalue weighted by atomic mass is 79.9. The van der Waals surface area contributed by atoms with Gasteiger partial charge in [0.25, 0.3) is 11.6 Å². The van der Waals surface area contributed by atoms with Gasteiger partial charge in [0, 0.05) is 35.9 Å². The number of hydrogen-bond acceptors (Lipinski definition) is 4. The largest absolute Gasteiger partial charge is 0.381 e. The third-order valence-electron chi connectivity index (χ3n) is 4.23. The topological polar surface area (TPSA) is 75.5 Å². The molecule has 130 valence electrons. The fourth-order valence-corrected chi connectivity index (χ4v) is 3.14. The van der Waals surface area contributed by atoms with E-state index in [-0.39, 0.29) is 17.2 Å². The van der Waals surface area contributed by atoms with Gasteiger partial charge in [-0.2, -0.15) is 0 Å². The van der Waals surface area contributed by atoms with Crippen LogP contribution in [0.25, 0.3) is 0 Å². The van der Waals surface area contributed by atoms with E-state index in [0.29, 0.717) is 25.3 Å². The lowest BCUT2D eigenvalue weighted by Crippen LogP contribution is -2.28. The van der Waals surface area contributed by atoms with E-state index < -0.39 is 4.92 Å². The number of carbonyl (C=O) groups is 1. The quantitative estimate of drug-likeness (QED) is 0.599. The average Bonchev–Trinajstić information content (AvgIpc) is 3.15. The number of nitro groups is 1. The third-order valence-corrected chi connectivity index (χ3v) is 4.76. The predicted octanol–water partition coefficient (Wildman–Crippen LogP) is 4.21. The number of anilines is 1. The fraction of sp³-hybridized carbons (Fsp3) is 0.278. The molecule has 2 aromatic rings. The summed E-state index contributed by atoms with van der Waals surface area (Å²) in [5.41, 5.74) is 1.77. The average molecular weight is 404 g/mol. The number of amides is 1. The van der Waals surface area contributed by atoms with Crippen LogP contribution in [0.5, 0.6) is 0 Å². The van der Waals surface area contributed by atoms with E-state index in [9.17, 15) is 14.9 Å². The number of nitro benzene ring substituents is 1. The molecule has 0 spiro atoms. The second-order valence-corrected chi connectivity index (χ2v) is 6.88. The van der Waals surface area contributed by atoms with E-state index in [1.165, 1.54) is 6.07 Å². The van der Waals surface area contributed by atoms with Crippen LogP contribution < -0.4 is 5.32 Å². The molecule has 0 unspecified atom stereocenters. The lowest BCUT2D eigenvalue weighted by Gasteiger charge is -2.16. The van der Waals surface area contributed by atoms with Gasteiger partial charge < -0.3 is 10.2 Å². The maximum absolute atomic E-state index is 12.6. The molecule has 1 fully saturated rings. The van der Waals surface area contributed by atoms with Gasteiger partial charge in [0.05, 0.1) is 4.92 Å². The molecule has 1 amide bonds. The van der Waals surface area contributed by atoms with Crippen LogP contribution in [0.4, 0.5) is 11.4 Å². The standard InChI is InChI=1S/C18H18BrN3O3/c19-14-5-3-13(4-6-14)12-20-15-7-8-17(22(24)25)16(11-15)18(23)21-9-1-2-10-21/h3-8,11,20H,1-2,9-10,12H2. The molecule has 1 N–H and O–H groups in total. The molecular formula is C18H18BrN3O3. The Morgan fingerprint density at radius 1 is 1.16 bits per heavy atom. The molecule has 1 heterocycles. The Morgan fingerprint density at radius 2 is 1.84 bits per heavy atom. The molecule has 1 aliphatic heterocycles. The first kappa shape index (κ1) is 17.4. The summed E-state index contributed by atoms with van der Waals surface area (Å²) in [5, 5.41) is 14.5. The Kier molecular flexibility index (Phi) is 5.33. The van der Waals surface area contributed by atoms with Gasteiger partial charge in [-0.15, -0.1) is 0 Å². The molecule has 0 atom stereocenters. The molecule has 0 aliphatic carbocycles. The van der Waals surface area contributed by atoms with E-state index >= 15 is 0 Å². The van der Waals surface area contributed by atoms with Crippen LogP contribution in [0, 0.1) is 10.1 Å². The van der Waals surface area contributed by atoms with Crippen molar-refractivity contribution in [2.75, 3.05) is 18.4 Å². The summed E-state index contributed by atoms with van der Waals surface area (Å²) < 4.78 is 1.00. The van der Waals surface area contributed by atoms with Gasteiger partial charge in [-0.3, -0.25) is 14.9 Å². The Morgan fingerprint density at radius 3 is 2.48 bits per heavy atom. The summed E-state index contributed by atoms with van der Waals surface area (Å²) in [6.07, 6.45) is 1.89. The van der Waals surface area contributed by atoms with Crippen molar-refractivity contribution >= 4 is 33.2 Å². The van der Waals surface area contributed by atoms with E-state index in [2.05, 4.69) is 21.2 Å². The number of benzene rings is 2. The van der Waals surface area contributed by atoms with Crippen molar-refractivity contribution < 1.29 is 9.72 Å². The monoisotopic (exact) mass is 403 g/mol. The molecule has 0 saturated carbocycles. The molecule has 2 aromatic carbocycles. The van der Waals surface area contributed by atoms with Crippen LogP contribution in [-0.4, -0.2) is 28.8 Å². The van der Waals surface area contributed by atoms with E-state index in [1.807, 2.05) is 24.3 Å². The summed E-state index contributed by atoms with van der Waals surface area (Å²) in [6, 6.07) is 12.5. The van der Waals surface area contributed by atoms with Gasteiger partial charge in [-0.1, -0.05) is 28.1 Å². The van der Waals surface area contributed by atoms with Crippen molar-refractivity contribution in [1.29, 1.82) is 0 Å². The Balaban J connectivity index is 1.80. The highest BCUT2D eigenvalue weighted by Gasteiger charge is 2.26. The zero-order valence-electron chi connectivity index (χ0n) is 13.6. The number of carbonyl (C=O) groups excluding carboxylic acids is 1. The molecule has 0 radical (unpaired) electrons. The Bertz CT molecular complexity index is 787. The zero-order chi connectivity index (χ0) is 17.8. The van der Waals surface area contributed by atoms with Crippen LogP contribution in [0.1, 0.15) is 28.8 Å². The normalized spacial score (nSPS) is 13.7. The van der Waals surface area contributed by atoms with Gasteiger partial charge in [-0.25, -0.2) is 0 Å². The molecule has 25 heavy (non-hydrogen) atoms. The first-order chi connectivity index (χ1) is 12.0. The van der Waals surface area contributed by atoms with Gasteiger partial charge in [-0.05, 0) is 42.7 Å². The van der Waals surface area contributed by atoms with Gasteiger partial charge >= 0.3 is 0 Å². The molecule has 7 heteroatoms. The molecule has 6 nitrogen and oxygen atoms in total. The summed E-state index contributed by atoms with van der Waals surface area (Å²) >= 11 is 3.39. The van der Waals surface area contributed by atoms with Crippen molar-refractivity contribution in [2.24, 2.45) is 0 Å². The van der Waals surface area contributed by atoms with E-state index in [1.54, 1.807) is 17.0 Å². The molecule has 0 aromatic heterocycles. The third kappa shape index (κ3) is 4.17. The minimum absolute atomic E-state index is 0.146. The Labute approximate surface area is 154 Å². The predicted molar refractivity (Wildman–Crippen MR) is 99.7 cm³/mol. The van der Waals surface area contributed by atoms with Gasteiger partial charge in [0.2, 0.25) is 0 Å². The number of likely N-dealkylation sites (tertiary alicyclic amines) is 1. The first-order valence-corrected chi connectivity index (χ1v) is 8.90. The van der Waals surface area contributed by atoms with Crippen molar-refractivity contribution in [2.45, 2.75) is 19.4 Å². The lowest BCUT2D eigenvalue weighted by atomic mass is 10.1. The maximum atomic E-state index is 12.6. The van der Waals surface area contributed by atoms with Gasteiger partial charge in [0.15, 0.2) is 0 Å². The SMILES string of the molecule is O=C(c1cc(NCc2ccc(Br)cc2)ccc1[N+](=O)[O-])N1CCCC1. The fourth-order valence-electron chi connectivity index (χ4n) is 2.87. The highest BCUT2D eigenvalue weighted by molar-refractivity contribution is 9.10. The molecule has 0 bridgehead atoms. The summed E-state index contributed by atoms with van der Waals surface area (Å²) in [6.45, 7) is 1.89. The van der Waals surface area contributed by atoms with Crippen LogP contribution in [0.3, 0.4) is 0 Å². The minimum atomic E-state index is -0.498. The highest BCUT2D eigenvalue weighted by Crippen LogP contribution is 2.26. The molecule has 1 aliphatic rings. The van der Waals surface area contributed by atoms with Crippen molar-refractivity contribution in [3.63, 3.8) is 0 Å². The summed E-state index contributed by atoms with van der Waals surface area (Å²) in [7, 11) is 0.